The predicted molar refractivity (Wildman–Crippen MR) is 162 cm³/mol. The van der Waals surface area contributed by atoms with Gasteiger partial charge in [-0.05, 0) is 87.7 Å². The van der Waals surface area contributed by atoms with Crippen molar-refractivity contribution < 1.29 is 27.1 Å². The Labute approximate surface area is 248 Å². The number of anilines is 1. The van der Waals surface area contributed by atoms with E-state index >= 15 is 0 Å². The molecule has 0 aliphatic heterocycles. The summed E-state index contributed by atoms with van der Waals surface area (Å²) in [5, 5.41) is 2.96. The third-order valence-electron chi connectivity index (χ3n) is 6.98. The van der Waals surface area contributed by atoms with E-state index in [9.17, 15) is 22.4 Å². The lowest BCUT2D eigenvalue weighted by Gasteiger charge is -2.33. The van der Waals surface area contributed by atoms with Crippen LogP contribution in [0.1, 0.15) is 51.7 Å². The van der Waals surface area contributed by atoms with Gasteiger partial charge in [-0.3, -0.25) is 13.9 Å². The fourth-order valence-corrected chi connectivity index (χ4v) is 5.80. The second-order valence-corrected chi connectivity index (χ2v) is 12.0. The quantitative estimate of drug-likeness (QED) is 0.267. The van der Waals surface area contributed by atoms with Crippen molar-refractivity contribution in [3.8, 4) is 5.75 Å². The Hall–Kier alpha value is -3.92. The van der Waals surface area contributed by atoms with Crippen LogP contribution in [0.5, 0.6) is 5.75 Å². The van der Waals surface area contributed by atoms with Crippen LogP contribution in [0.15, 0.2) is 77.7 Å². The number of aryl methyl sites for hydroxylation is 1. The van der Waals surface area contributed by atoms with E-state index in [1.165, 1.54) is 4.90 Å². The molecule has 8 nitrogen and oxygen atoms in total. The van der Waals surface area contributed by atoms with E-state index in [4.69, 9.17) is 4.74 Å². The van der Waals surface area contributed by atoms with Crippen molar-refractivity contribution in [3.05, 3.63) is 89.7 Å². The highest BCUT2D eigenvalue weighted by Crippen LogP contribution is 2.27. The Morgan fingerprint density at radius 1 is 0.905 bits per heavy atom. The number of carbonyl (C=O) groups is 2. The van der Waals surface area contributed by atoms with Crippen LogP contribution in [0.2, 0.25) is 0 Å². The molecule has 0 spiro atoms. The van der Waals surface area contributed by atoms with Crippen LogP contribution in [-0.4, -0.2) is 50.4 Å². The number of halogens is 1. The zero-order valence-corrected chi connectivity index (χ0v) is 25.7. The second-order valence-electron chi connectivity index (χ2n) is 10.1. The average molecular weight is 598 g/mol. The first-order valence-electron chi connectivity index (χ1n) is 14.2. The number of sulfonamides is 1. The Morgan fingerprint density at radius 3 is 2.07 bits per heavy atom. The lowest BCUT2D eigenvalue weighted by molar-refractivity contribution is -0.140. The van der Waals surface area contributed by atoms with Crippen LogP contribution in [0, 0.1) is 12.7 Å². The molecule has 0 aromatic heterocycles. The lowest BCUT2D eigenvalue weighted by atomic mass is 10.1. The van der Waals surface area contributed by atoms with E-state index in [1.54, 1.807) is 24.3 Å². The maximum atomic E-state index is 14.1. The number of carbonyl (C=O) groups excluding carboxylic acids is 2. The number of nitrogens with one attached hydrogen (secondary N) is 1. The number of nitrogens with zero attached hydrogens (tertiary/aromatic N) is 2. The van der Waals surface area contributed by atoms with Crippen molar-refractivity contribution >= 4 is 27.5 Å². The van der Waals surface area contributed by atoms with Gasteiger partial charge in [-0.2, -0.15) is 0 Å². The van der Waals surface area contributed by atoms with E-state index in [-0.39, 0.29) is 29.1 Å². The van der Waals surface area contributed by atoms with Gasteiger partial charge in [0.25, 0.3) is 10.0 Å². The largest absolute Gasteiger partial charge is 0.494 e. The number of ether oxygens (including phenoxy) is 1. The molecule has 1 N–H and O–H groups in total. The molecule has 2 amide bonds. The highest BCUT2D eigenvalue weighted by Gasteiger charge is 2.34. The van der Waals surface area contributed by atoms with E-state index < -0.39 is 34.3 Å². The number of hydrogen-bond acceptors (Lipinski definition) is 5. The standard InChI is InChI=1S/C32H40FN3O5S/c1-6-24(5)34-32(38)30(7-2)35(21-25-11-9-23(4)10-12-25)31(37)22-36(27-15-17-28(18-16-27)41-8-3)42(39,40)29-19-13-26(33)14-20-29/h9-20,24,30H,6-8,21-22H2,1-5H3,(H,34,38)/t24-,30+/m1/s1. The summed E-state index contributed by atoms with van der Waals surface area (Å²) in [6.07, 6.45) is 1.04. The molecule has 10 heteroatoms. The molecule has 2 atom stereocenters. The van der Waals surface area contributed by atoms with Crippen LogP contribution in [0.3, 0.4) is 0 Å². The minimum absolute atomic E-state index is 0.0953. The first kappa shape index (κ1) is 32.6. The summed E-state index contributed by atoms with van der Waals surface area (Å²) >= 11 is 0. The van der Waals surface area contributed by atoms with Gasteiger partial charge in [0.15, 0.2) is 0 Å². The van der Waals surface area contributed by atoms with Crippen LogP contribution in [0.4, 0.5) is 10.1 Å². The molecule has 0 saturated carbocycles. The van der Waals surface area contributed by atoms with Crippen molar-refractivity contribution in [2.24, 2.45) is 0 Å². The summed E-state index contributed by atoms with van der Waals surface area (Å²) in [7, 11) is -4.30. The molecule has 0 unspecified atom stereocenters. The molecule has 0 aliphatic carbocycles. The van der Waals surface area contributed by atoms with E-state index in [0.29, 0.717) is 18.8 Å². The molecule has 0 aliphatic rings. The molecule has 3 aromatic carbocycles. The lowest BCUT2D eigenvalue weighted by Crippen LogP contribution is -2.53. The number of rotatable bonds is 14. The van der Waals surface area contributed by atoms with Gasteiger partial charge in [-0.1, -0.05) is 43.7 Å². The first-order chi connectivity index (χ1) is 20.0. The Morgan fingerprint density at radius 2 is 1.52 bits per heavy atom. The third kappa shape index (κ3) is 8.31. The van der Waals surface area contributed by atoms with Gasteiger partial charge in [0.2, 0.25) is 11.8 Å². The highest BCUT2D eigenvalue weighted by atomic mass is 32.2. The van der Waals surface area contributed by atoms with E-state index in [0.717, 1.165) is 46.1 Å². The SMILES string of the molecule is CCOc1ccc(N(CC(=O)N(Cc2ccc(C)cc2)[C@@H](CC)C(=O)N[C@H](C)CC)S(=O)(=O)c2ccc(F)cc2)cc1. The van der Waals surface area contributed by atoms with Gasteiger partial charge in [0, 0.05) is 12.6 Å². The second kappa shape index (κ2) is 14.8. The molecule has 42 heavy (non-hydrogen) atoms. The summed E-state index contributed by atoms with van der Waals surface area (Å²) in [4.78, 5) is 28.7. The van der Waals surface area contributed by atoms with Crippen molar-refractivity contribution in [2.45, 2.75) is 71.0 Å². The van der Waals surface area contributed by atoms with Gasteiger partial charge in [-0.15, -0.1) is 0 Å². The maximum Gasteiger partial charge on any atom is 0.264 e. The topological polar surface area (TPSA) is 96.0 Å². The summed E-state index contributed by atoms with van der Waals surface area (Å²) in [6.45, 7) is 9.41. The van der Waals surface area contributed by atoms with E-state index in [2.05, 4.69) is 5.32 Å². The summed E-state index contributed by atoms with van der Waals surface area (Å²) in [5.41, 5.74) is 2.08. The van der Waals surface area contributed by atoms with Gasteiger partial charge >= 0.3 is 0 Å². The maximum absolute atomic E-state index is 14.1. The first-order valence-corrected chi connectivity index (χ1v) is 15.6. The number of hydrogen-bond donors (Lipinski definition) is 1. The van der Waals surface area contributed by atoms with Gasteiger partial charge < -0.3 is 15.0 Å². The molecule has 0 fully saturated rings. The molecule has 3 rings (SSSR count). The minimum Gasteiger partial charge on any atom is -0.494 e. The van der Waals surface area contributed by atoms with Gasteiger partial charge in [-0.25, -0.2) is 12.8 Å². The van der Waals surface area contributed by atoms with Crippen molar-refractivity contribution in [3.63, 3.8) is 0 Å². The molecule has 3 aromatic rings. The van der Waals surface area contributed by atoms with Crippen LogP contribution in [0.25, 0.3) is 0 Å². The van der Waals surface area contributed by atoms with Crippen molar-refractivity contribution in [1.82, 2.24) is 10.2 Å². The van der Waals surface area contributed by atoms with Crippen molar-refractivity contribution in [1.29, 1.82) is 0 Å². The number of amides is 2. The predicted octanol–water partition coefficient (Wildman–Crippen LogP) is 5.45. The fourth-order valence-electron chi connectivity index (χ4n) is 4.39. The van der Waals surface area contributed by atoms with Crippen LogP contribution < -0.4 is 14.4 Å². The monoisotopic (exact) mass is 597 g/mol. The fraction of sp³-hybridized carbons (Fsp3) is 0.375. The molecule has 0 saturated heterocycles. The summed E-state index contributed by atoms with van der Waals surface area (Å²) in [5.74, 6) is -0.900. The average Bonchev–Trinajstić information content (AvgIpc) is 2.97. The minimum atomic E-state index is -4.30. The Bertz CT molecular complexity index is 1430. The molecule has 226 valence electrons. The smallest absolute Gasteiger partial charge is 0.264 e. The molecule has 0 radical (unpaired) electrons. The van der Waals surface area contributed by atoms with Gasteiger partial charge in [0.05, 0.1) is 17.2 Å². The zero-order valence-electron chi connectivity index (χ0n) is 24.8. The van der Waals surface area contributed by atoms with Crippen LogP contribution in [-0.2, 0) is 26.2 Å². The number of benzene rings is 3. The Balaban J connectivity index is 2.05. The molecule has 0 heterocycles. The third-order valence-corrected chi connectivity index (χ3v) is 8.76. The highest BCUT2D eigenvalue weighted by molar-refractivity contribution is 7.92. The molecular formula is C32H40FN3O5S. The zero-order chi connectivity index (χ0) is 30.9. The van der Waals surface area contributed by atoms with E-state index in [1.807, 2.05) is 58.9 Å². The molecular weight excluding hydrogens is 557 g/mol. The van der Waals surface area contributed by atoms with Crippen molar-refractivity contribution in [2.75, 3.05) is 17.5 Å². The normalized spacial score (nSPS) is 12.7. The van der Waals surface area contributed by atoms with Crippen LogP contribution >= 0.6 is 0 Å². The Kier molecular flexibility index (Phi) is 11.5. The summed E-state index contributed by atoms with van der Waals surface area (Å²) in [6, 6.07) is 17.5. The van der Waals surface area contributed by atoms with Gasteiger partial charge in [0.1, 0.15) is 24.2 Å². The molecule has 0 bridgehead atoms. The summed E-state index contributed by atoms with van der Waals surface area (Å²) < 4.78 is 47.9.